The van der Waals surface area contributed by atoms with Gasteiger partial charge in [0, 0.05) is 6.54 Å². The zero-order valence-corrected chi connectivity index (χ0v) is 10.3. The van der Waals surface area contributed by atoms with Crippen LogP contribution in [0.2, 0.25) is 0 Å². The van der Waals surface area contributed by atoms with Gasteiger partial charge in [-0.1, -0.05) is 26.0 Å². The van der Waals surface area contributed by atoms with Gasteiger partial charge in [-0.15, -0.1) is 0 Å². The molecule has 2 N–H and O–H groups in total. The summed E-state index contributed by atoms with van der Waals surface area (Å²) in [5.74, 6) is 1.40. The second kappa shape index (κ2) is 6.78. The van der Waals surface area contributed by atoms with Crippen LogP contribution in [0.1, 0.15) is 25.8 Å². The molecule has 0 aliphatic carbocycles. The molecule has 0 saturated carbocycles. The maximum Gasteiger partial charge on any atom is 0.404 e. The van der Waals surface area contributed by atoms with Crippen molar-refractivity contribution in [3.8, 4) is 5.75 Å². The van der Waals surface area contributed by atoms with Crippen LogP contribution in [-0.2, 0) is 6.54 Å². The Morgan fingerprint density at radius 1 is 1.47 bits per heavy atom. The summed E-state index contributed by atoms with van der Waals surface area (Å²) in [6, 6.07) is 7.47. The van der Waals surface area contributed by atoms with E-state index in [1.807, 2.05) is 24.3 Å². The number of nitrogens with one attached hydrogen (secondary N) is 1. The first-order chi connectivity index (χ1) is 8.08. The van der Waals surface area contributed by atoms with Gasteiger partial charge < -0.3 is 15.2 Å². The highest BCUT2D eigenvalue weighted by Gasteiger charge is 2.00. The molecule has 0 fully saturated rings. The van der Waals surface area contributed by atoms with Crippen LogP contribution in [0.3, 0.4) is 0 Å². The summed E-state index contributed by atoms with van der Waals surface area (Å²) in [6.45, 7) is 5.29. The Balaban J connectivity index is 2.45. The molecule has 0 spiro atoms. The minimum absolute atomic E-state index is 0.302. The lowest BCUT2D eigenvalue weighted by Crippen LogP contribution is -2.19. The van der Waals surface area contributed by atoms with Gasteiger partial charge in [0.1, 0.15) is 5.75 Å². The largest absolute Gasteiger partial charge is 0.494 e. The van der Waals surface area contributed by atoms with E-state index >= 15 is 0 Å². The standard InChI is InChI=1S/C13H19NO3/c1-10(2)6-7-17-12-5-3-4-11(8-12)9-14-13(15)16/h3-5,8,10,14H,6-7,9H2,1-2H3,(H,15,16). The molecule has 0 aliphatic rings. The van der Waals surface area contributed by atoms with Gasteiger partial charge >= 0.3 is 6.09 Å². The van der Waals surface area contributed by atoms with Crippen molar-refractivity contribution in [1.29, 1.82) is 0 Å². The highest BCUT2D eigenvalue weighted by Crippen LogP contribution is 2.14. The number of rotatable bonds is 6. The third-order valence-electron chi connectivity index (χ3n) is 2.31. The highest BCUT2D eigenvalue weighted by molar-refractivity contribution is 5.64. The van der Waals surface area contributed by atoms with Crippen molar-refractivity contribution in [3.63, 3.8) is 0 Å². The summed E-state index contributed by atoms with van der Waals surface area (Å²) >= 11 is 0. The van der Waals surface area contributed by atoms with Crippen molar-refractivity contribution < 1.29 is 14.6 Å². The number of hydrogen-bond donors (Lipinski definition) is 2. The molecule has 0 atom stereocenters. The minimum Gasteiger partial charge on any atom is -0.494 e. The van der Waals surface area contributed by atoms with Gasteiger partial charge in [-0.05, 0) is 30.0 Å². The van der Waals surface area contributed by atoms with Crippen molar-refractivity contribution in [2.45, 2.75) is 26.8 Å². The second-order valence-electron chi connectivity index (χ2n) is 4.34. The SMILES string of the molecule is CC(C)CCOc1cccc(CNC(=O)O)c1. The molecular formula is C13H19NO3. The summed E-state index contributed by atoms with van der Waals surface area (Å²) in [7, 11) is 0. The Morgan fingerprint density at radius 2 is 2.24 bits per heavy atom. The van der Waals surface area contributed by atoms with Gasteiger partial charge in [0.25, 0.3) is 0 Å². The summed E-state index contributed by atoms with van der Waals surface area (Å²) in [5.41, 5.74) is 0.898. The van der Waals surface area contributed by atoms with E-state index in [0.717, 1.165) is 17.7 Å². The first-order valence-electron chi connectivity index (χ1n) is 5.76. The fraction of sp³-hybridized carbons (Fsp3) is 0.462. The third kappa shape index (κ3) is 5.80. The molecule has 4 nitrogen and oxygen atoms in total. The van der Waals surface area contributed by atoms with Crippen molar-refractivity contribution in [3.05, 3.63) is 29.8 Å². The topological polar surface area (TPSA) is 58.6 Å². The monoisotopic (exact) mass is 237 g/mol. The molecule has 4 heteroatoms. The molecule has 0 aliphatic heterocycles. The van der Waals surface area contributed by atoms with Gasteiger partial charge in [0.2, 0.25) is 0 Å². The molecule has 0 unspecified atom stereocenters. The first kappa shape index (κ1) is 13.4. The molecule has 17 heavy (non-hydrogen) atoms. The molecule has 1 aromatic rings. The summed E-state index contributed by atoms with van der Waals surface area (Å²) in [4.78, 5) is 10.4. The Labute approximate surface area is 102 Å². The lowest BCUT2D eigenvalue weighted by Gasteiger charge is -2.09. The normalized spacial score (nSPS) is 10.3. The number of hydrogen-bond acceptors (Lipinski definition) is 2. The number of benzene rings is 1. The van der Waals surface area contributed by atoms with Gasteiger partial charge in [-0.2, -0.15) is 0 Å². The molecular weight excluding hydrogens is 218 g/mol. The van der Waals surface area contributed by atoms with Crippen LogP contribution in [0.15, 0.2) is 24.3 Å². The van der Waals surface area contributed by atoms with E-state index in [4.69, 9.17) is 9.84 Å². The Hall–Kier alpha value is -1.71. The van der Waals surface area contributed by atoms with E-state index in [0.29, 0.717) is 19.1 Å². The quantitative estimate of drug-likeness (QED) is 0.799. The Kier molecular flexibility index (Phi) is 5.33. The lowest BCUT2D eigenvalue weighted by atomic mass is 10.1. The fourth-order valence-electron chi connectivity index (χ4n) is 1.34. The highest BCUT2D eigenvalue weighted by atomic mass is 16.5. The van der Waals surface area contributed by atoms with Gasteiger partial charge in [-0.25, -0.2) is 4.79 Å². The Morgan fingerprint density at radius 3 is 2.88 bits per heavy atom. The average Bonchev–Trinajstić information content (AvgIpc) is 2.26. The van der Waals surface area contributed by atoms with E-state index < -0.39 is 6.09 Å². The molecule has 1 rings (SSSR count). The van der Waals surface area contributed by atoms with E-state index in [1.54, 1.807) is 0 Å². The van der Waals surface area contributed by atoms with Crippen LogP contribution < -0.4 is 10.1 Å². The summed E-state index contributed by atoms with van der Waals surface area (Å²) < 4.78 is 5.59. The van der Waals surface area contributed by atoms with Gasteiger partial charge in [0.05, 0.1) is 6.61 Å². The Bertz CT molecular complexity index is 363. The van der Waals surface area contributed by atoms with Crippen molar-refractivity contribution in [2.24, 2.45) is 5.92 Å². The van der Waals surface area contributed by atoms with Crippen molar-refractivity contribution >= 4 is 6.09 Å². The van der Waals surface area contributed by atoms with Crippen LogP contribution in [-0.4, -0.2) is 17.8 Å². The van der Waals surface area contributed by atoms with Gasteiger partial charge in [-0.3, -0.25) is 0 Å². The zero-order valence-electron chi connectivity index (χ0n) is 10.3. The maximum absolute atomic E-state index is 10.4. The first-order valence-corrected chi connectivity index (χ1v) is 5.76. The number of amides is 1. The maximum atomic E-state index is 10.4. The summed E-state index contributed by atoms with van der Waals surface area (Å²) in [6.07, 6.45) is -0.00596. The fourth-order valence-corrected chi connectivity index (χ4v) is 1.34. The smallest absolute Gasteiger partial charge is 0.404 e. The summed E-state index contributed by atoms with van der Waals surface area (Å²) in [5, 5.41) is 10.8. The van der Waals surface area contributed by atoms with Crippen LogP contribution in [0.25, 0.3) is 0 Å². The number of carboxylic acid groups (broad SMARTS) is 1. The second-order valence-corrected chi connectivity index (χ2v) is 4.34. The molecule has 0 radical (unpaired) electrons. The van der Waals surface area contributed by atoms with E-state index in [1.165, 1.54) is 0 Å². The van der Waals surface area contributed by atoms with Gasteiger partial charge in [0.15, 0.2) is 0 Å². The molecule has 1 aromatic carbocycles. The van der Waals surface area contributed by atoms with Crippen molar-refractivity contribution in [1.82, 2.24) is 5.32 Å². The molecule has 0 heterocycles. The van der Waals surface area contributed by atoms with Crippen LogP contribution >= 0.6 is 0 Å². The molecule has 0 aromatic heterocycles. The van der Waals surface area contributed by atoms with Crippen LogP contribution in [0, 0.1) is 5.92 Å². The number of carbonyl (C=O) groups is 1. The molecule has 1 amide bonds. The molecule has 0 saturated heterocycles. The lowest BCUT2D eigenvalue weighted by molar-refractivity contribution is 0.194. The molecule has 0 bridgehead atoms. The van der Waals surface area contributed by atoms with Crippen molar-refractivity contribution in [2.75, 3.05) is 6.61 Å². The van der Waals surface area contributed by atoms with E-state index in [-0.39, 0.29) is 0 Å². The van der Waals surface area contributed by atoms with Crippen LogP contribution in [0.4, 0.5) is 4.79 Å². The third-order valence-corrected chi connectivity index (χ3v) is 2.31. The van der Waals surface area contributed by atoms with E-state index in [2.05, 4.69) is 19.2 Å². The van der Waals surface area contributed by atoms with Crippen LogP contribution in [0.5, 0.6) is 5.75 Å². The predicted molar refractivity (Wildman–Crippen MR) is 66.3 cm³/mol. The number of ether oxygens (including phenoxy) is 1. The predicted octanol–water partition coefficient (Wildman–Crippen LogP) is 2.88. The zero-order chi connectivity index (χ0) is 12.7. The average molecular weight is 237 g/mol. The van der Waals surface area contributed by atoms with E-state index in [9.17, 15) is 4.79 Å². The minimum atomic E-state index is -1.02. The molecule has 94 valence electrons.